The predicted octanol–water partition coefficient (Wildman–Crippen LogP) is -1.85. The van der Waals surface area contributed by atoms with Crippen molar-refractivity contribution < 1.29 is 9.90 Å². The van der Waals surface area contributed by atoms with E-state index >= 15 is 0 Å². The van der Waals surface area contributed by atoms with E-state index in [0.717, 1.165) is 39.3 Å². The Balaban J connectivity index is 0. The second-order valence-electron chi connectivity index (χ2n) is 3.57. The largest absolute Gasteiger partial charge is 0.481 e. The van der Waals surface area contributed by atoms with Crippen molar-refractivity contribution >= 4 is 5.97 Å². The van der Waals surface area contributed by atoms with Gasteiger partial charge in [0.2, 0.25) is 0 Å². The Morgan fingerprint density at radius 2 is 1.17 bits per heavy atom. The summed E-state index contributed by atoms with van der Waals surface area (Å²) in [7, 11) is 0. The van der Waals surface area contributed by atoms with Crippen molar-refractivity contribution in [3.63, 3.8) is 0 Å². The number of nitrogens with two attached hydrogens (primary N) is 2. The number of carboxylic acids is 1. The van der Waals surface area contributed by atoms with Crippen molar-refractivity contribution in [2.45, 2.75) is 13.3 Å². The highest BCUT2D eigenvalue weighted by atomic mass is 16.4. The molecule has 0 rings (SSSR count). The molecule has 7 nitrogen and oxygen atoms in total. The molecule has 7 heteroatoms. The molecular formula is C11H29N5O2. The van der Waals surface area contributed by atoms with Crippen LogP contribution in [0, 0.1) is 0 Å². The van der Waals surface area contributed by atoms with E-state index in [2.05, 4.69) is 16.0 Å². The molecule has 8 N–H and O–H groups in total. The van der Waals surface area contributed by atoms with E-state index in [-0.39, 0.29) is 6.42 Å². The van der Waals surface area contributed by atoms with Gasteiger partial charge in [-0.3, -0.25) is 4.79 Å². The molecule has 0 atom stereocenters. The minimum atomic E-state index is -0.745. The molecule has 0 saturated heterocycles. The predicted molar refractivity (Wildman–Crippen MR) is 74.6 cm³/mol. The molecular weight excluding hydrogens is 234 g/mol. The summed E-state index contributed by atoms with van der Waals surface area (Å²) >= 11 is 0. The standard InChI is InChI=1S/C8H23N5.C3H6O2/c9-1-3-11-5-7-13-8-6-12-4-2-10;1-2-3(4)5/h11-13H,1-10H2;2H2,1H3,(H,4,5). The SMILES string of the molecule is CCC(=O)O.NCCNCCNCCNCCN. The molecule has 0 aliphatic heterocycles. The fraction of sp³-hybridized carbons (Fsp3) is 0.909. The summed E-state index contributed by atoms with van der Waals surface area (Å²) in [6.45, 7) is 8.75. The van der Waals surface area contributed by atoms with Gasteiger partial charge in [0.15, 0.2) is 0 Å². The summed E-state index contributed by atoms with van der Waals surface area (Å²) in [5.74, 6) is -0.745. The molecule has 0 radical (unpaired) electrons. The van der Waals surface area contributed by atoms with Gasteiger partial charge in [0.25, 0.3) is 0 Å². The molecule has 0 aromatic carbocycles. The zero-order chi connectivity index (χ0) is 14.1. The average molecular weight is 263 g/mol. The van der Waals surface area contributed by atoms with Crippen LogP contribution in [0.3, 0.4) is 0 Å². The highest BCUT2D eigenvalue weighted by Crippen LogP contribution is 1.67. The first-order valence-electron chi connectivity index (χ1n) is 6.43. The smallest absolute Gasteiger partial charge is 0.303 e. The summed E-state index contributed by atoms with van der Waals surface area (Å²) in [6, 6.07) is 0. The van der Waals surface area contributed by atoms with Gasteiger partial charge >= 0.3 is 5.97 Å². The Morgan fingerprint density at radius 3 is 1.39 bits per heavy atom. The summed E-state index contributed by atoms with van der Waals surface area (Å²) in [6.07, 6.45) is 0.222. The molecule has 0 bridgehead atoms. The first-order valence-corrected chi connectivity index (χ1v) is 6.43. The fourth-order valence-electron chi connectivity index (χ4n) is 0.933. The van der Waals surface area contributed by atoms with Crippen LogP contribution in [0.15, 0.2) is 0 Å². The lowest BCUT2D eigenvalue weighted by Crippen LogP contribution is -2.35. The van der Waals surface area contributed by atoms with Crippen LogP contribution in [0.25, 0.3) is 0 Å². The Bertz CT molecular complexity index is 160. The van der Waals surface area contributed by atoms with Crippen LogP contribution in [-0.4, -0.2) is 63.4 Å². The van der Waals surface area contributed by atoms with Gasteiger partial charge in [0, 0.05) is 58.8 Å². The molecule has 0 aliphatic rings. The van der Waals surface area contributed by atoms with Crippen LogP contribution in [-0.2, 0) is 4.79 Å². The monoisotopic (exact) mass is 263 g/mol. The van der Waals surface area contributed by atoms with E-state index in [4.69, 9.17) is 16.6 Å². The first kappa shape index (κ1) is 19.6. The molecule has 0 aromatic rings. The van der Waals surface area contributed by atoms with Gasteiger partial charge in [-0.05, 0) is 0 Å². The third kappa shape index (κ3) is 24.5. The zero-order valence-corrected chi connectivity index (χ0v) is 11.4. The topological polar surface area (TPSA) is 125 Å². The van der Waals surface area contributed by atoms with E-state index in [0.29, 0.717) is 13.1 Å². The number of carbonyl (C=O) groups is 1. The minimum Gasteiger partial charge on any atom is -0.481 e. The molecule has 0 amide bonds. The van der Waals surface area contributed by atoms with E-state index in [1.165, 1.54) is 0 Å². The van der Waals surface area contributed by atoms with Gasteiger partial charge < -0.3 is 32.5 Å². The second kappa shape index (κ2) is 18.6. The van der Waals surface area contributed by atoms with E-state index in [9.17, 15) is 4.79 Å². The van der Waals surface area contributed by atoms with Crippen molar-refractivity contribution in [2.75, 3.05) is 52.4 Å². The first-order chi connectivity index (χ1) is 8.68. The molecule has 110 valence electrons. The Hall–Kier alpha value is -0.730. The van der Waals surface area contributed by atoms with E-state index in [1.807, 2.05) is 0 Å². The van der Waals surface area contributed by atoms with Crippen LogP contribution in [0.2, 0.25) is 0 Å². The highest BCUT2D eigenvalue weighted by Gasteiger charge is 1.87. The third-order valence-electron chi connectivity index (χ3n) is 1.90. The Kier molecular flexibility index (Phi) is 20.3. The van der Waals surface area contributed by atoms with Crippen LogP contribution in [0.5, 0.6) is 0 Å². The quantitative estimate of drug-likeness (QED) is 0.242. The van der Waals surface area contributed by atoms with Crippen molar-refractivity contribution in [3.05, 3.63) is 0 Å². The van der Waals surface area contributed by atoms with Gasteiger partial charge in [-0.15, -0.1) is 0 Å². The van der Waals surface area contributed by atoms with E-state index < -0.39 is 5.97 Å². The molecule has 0 aliphatic carbocycles. The lowest BCUT2D eigenvalue weighted by Gasteiger charge is -2.06. The number of hydrogen-bond donors (Lipinski definition) is 6. The zero-order valence-electron chi connectivity index (χ0n) is 11.4. The number of hydrogen-bond acceptors (Lipinski definition) is 6. The second-order valence-corrected chi connectivity index (χ2v) is 3.57. The molecule has 0 heterocycles. The average Bonchev–Trinajstić information content (AvgIpc) is 2.37. The molecule has 0 spiro atoms. The van der Waals surface area contributed by atoms with Crippen molar-refractivity contribution in [3.8, 4) is 0 Å². The third-order valence-corrected chi connectivity index (χ3v) is 1.90. The summed E-state index contributed by atoms with van der Waals surface area (Å²) in [5, 5.41) is 17.4. The summed E-state index contributed by atoms with van der Waals surface area (Å²) in [4.78, 5) is 9.37. The Morgan fingerprint density at radius 1 is 0.889 bits per heavy atom. The number of nitrogens with one attached hydrogen (secondary N) is 3. The number of carboxylic acid groups (broad SMARTS) is 1. The Labute approximate surface area is 110 Å². The van der Waals surface area contributed by atoms with Gasteiger partial charge in [-0.1, -0.05) is 6.92 Å². The maximum atomic E-state index is 9.37. The maximum Gasteiger partial charge on any atom is 0.303 e. The maximum absolute atomic E-state index is 9.37. The molecule has 0 aromatic heterocycles. The summed E-state index contributed by atoms with van der Waals surface area (Å²) < 4.78 is 0. The fourth-order valence-corrected chi connectivity index (χ4v) is 0.933. The highest BCUT2D eigenvalue weighted by molar-refractivity contribution is 5.66. The lowest BCUT2D eigenvalue weighted by atomic mass is 10.5. The van der Waals surface area contributed by atoms with Gasteiger partial charge in [-0.2, -0.15) is 0 Å². The summed E-state index contributed by atoms with van der Waals surface area (Å²) in [5.41, 5.74) is 10.6. The normalized spacial score (nSPS) is 9.72. The molecule has 0 fully saturated rings. The molecule has 0 unspecified atom stereocenters. The number of rotatable bonds is 11. The molecule has 18 heavy (non-hydrogen) atoms. The van der Waals surface area contributed by atoms with Crippen molar-refractivity contribution in [2.24, 2.45) is 11.5 Å². The lowest BCUT2D eigenvalue weighted by molar-refractivity contribution is -0.136. The van der Waals surface area contributed by atoms with Gasteiger partial charge in [0.05, 0.1) is 0 Å². The van der Waals surface area contributed by atoms with E-state index in [1.54, 1.807) is 6.92 Å². The van der Waals surface area contributed by atoms with Crippen molar-refractivity contribution in [1.82, 2.24) is 16.0 Å². The van der Waals surface area contributed by atoms with Crippen molar-refractivity contribution in [1.29, 1.82) is 0 Å². The minimum absolute atomic E-state index is 0.222. The number of aliphatic carboxylic acids is 1. The van der Waals surface area contributed by atoms with Crippen LogP contribution in [0.4, 0.5) is 0 Å². The van der Waals surface area contributed by atoms with Crippen LogP contribution in [0.1, 0.15) is 13.3 Å². The van der Waals surface area contributed by atoms with Crippen LogP contribution >= 0.6 is 0 Å². The van der Waals surface area contributed by atoms with Crippen LogP contribution < -0.4 is 27.4 Å². The molecule has 0 saturated carbocycles. The van der Waals surface area contributed by atoms with Gasteiger partial charge in [0.1, 0.15) is 0 Å². The van der Waals surface area contributed by atoms with Gasteiger partial charge in [-0.25, -0.2) is 0 Å².